The molecule has 0 radical (unpaired) electrons. The molecule has 0 aliphatic rings. The van der Waals surface area contributed by atoms with Crippen LogP contribution < -0.4 is 5.32 Å². The van der Waals surface area contributed by atoms with Crippen LogP contribution in [0.4, 0.5) is 5.82 Å². The van der Waals surface area contributed by atoms with Crippen LogP contribution in [-0.2, 0) is 4.79 Å². The Morgan fingerprint density at radius 2 is 1.76 bits per heavy atom. The molecule has 5 heteroatoms. The van der Waals surface area contributed by atoms with Gasteiger partial charge >= 0.3 is 5.97 Å². The Kier molecular flexibility index (Phi) is 3.47. The molecule has 0 fully saturated rings. The number of aromatic nitrogens is 2. The highest BCUT2D eigenvalue weighted by molar-refractivity contribution is 5.92. The van der Waals surface area contributed by atoms with E-state index < -0.39 is 12.0 Å². The predicted octanol–water partition coefficient (Wildman–Crippen LogP) is 2.87. The third-order valence-electron chi connectivity index (χ3n) is 3.23. The van der Waals surface area contributed by atoms with Crippen molar-refractivity contribution in [2.75, 3.05) is 5.32 Å². The topological polar surface area (TPSA) is 75.1 Å². The molecule has 1 unspecified atom stereocenters. The molecular weight excluding hydrogens is 266 g/mol. The van der Waals surface area contributed by atoms with Crippen molar-refractivity contribution in [1.82, 2.24) is 10.2 Å². The highest BCUT2D eigenvalue weighted by Gasteiger charge is 2.20. The first kappa shape index (κ1) is 13.1. The summed E-state index contributed by atoms with van der Waals surface area (Å²) in [5, 5.41) is 22.1. The van der Waals surface area contributed by atoms with E-state index in [9.17, 15) is 9.90 Å². The third-order valence-corrected chi connectivity index (χ3v) is 3.23. The maximum atomic E-state index is 11.5. The van der Waals surface area contributed by atoms with Crippen LogP contribution >= 0.6 is 0 Å². The highest BCUT2D eigenvalue weighted by Crippen LogP contribution is 2.24. The van der Waals surface area contributed by atoms with Crippen LogP contribution in [0.15, 0.2) is 60.8 Å². The zero-order chi connectivity index (χ0) is 14.7. The molecule has 2 aromatic carbocycles. The summed E-state index contributed by atoms with van der Waals surface area (Å²) >= 11 is 0. The van der Waals surface area contributed by atoms with Crippen molar-refractivity contribution in [3.8, 4) is 0 Å². The number of benzene rings is 2. The largest absolute Gasteiger partial charge is 0.479 e. The predicted molar refractivity (Wildman–Crippen MR) is 80.0 cm³/mol. The monoisotopic (exact) mass is 279 g/mol. The maximum absolute atomic E-state index is 11.5. The SMILES string of the molecule is O=C(O)C(Nc1nncc2ccccc12)c1ccccc1. The standard InChI is InChI=1S/C16H13N3O2/c20-16(21)14(11-6-2-1-3-7-11)18-15-13-9-5-4-8-12(13)10-17-19-15/h1-10,14H,(H,18,19)(H,20,21). The zero-order valence-electron chi connectivity index (χ0n) is 11.1. The van der Waals surface area contributed by atoms with Crippen molar-refractivity contribution in [3.05, 3.63) is 66.4 Å². The number of anilines is 1. The van der Waals surface area contributed by atoms with Crippen LogP contribution in [0.5, 0.6) is 0 Å². The first-order valence-electron chi connectivity index (χ1n) is 6.50. The van der Waals surface area contributed by atoms with E-state index in [1.54, 1.807) is 18.3 Å². The van der Waals surface area contributed by atoms with Gasteiger partial charge in [0.2, 0.25) is 0 Å². The fourth-order valence-electron chi connectivity index (χ4n) is 2.20. The lowest BCUT2D eigenvalue weighted by molar-refractivity contribution is -0.138. The fourth-order valence-corrected chi connectivity index (χ4v) is 2.20. The Morgan fingerprint density at radius 1 is 1.05 bits per heavy atom. The van der Waals surface area contributed by atoms with Crippen molar-refractivity contribution < 1.29 is 9.90 Å². The molecule has 0 saturated heterocycles. The average molecular weight is 279 g/mol. The Hall–Kier alpha value is -2.95. The molecule has 0 saturated carbocycles. The van der Waals surface area contributed by atoms with E-state index in [-0.39, 0.29) is 0 Å². The first-order valence-corrected chi connectivity index (χ1v) is 6.50. The molecule has 1 atom stereocenters. The number of hydrogen-bond donors (Lipinski definition) is 2. The smallest absolute Gasteiger partial charge is 0.330 e. The lowest BCUT2D eigenvalue weighted by atomic mass is 10.1. The van der Waals surface area contributed by atoms with Gasteiger partial charge in [0.1, 0.15) is 0 Å². The molecule has 21 heavy (non-hydrogen) atoms. The van der Waals surface area contributed by atoms with Crippen LogP contribution in [0.1, 0.15) is 11.6 Å². The van der Waals surface area contributed by atoms with E-state index in [1.807, 2.05) is 42.5 Å². The average Bonchev–Trinajstić information content (AvgIpc) is 2.53. The van der Waals surface area contributed by atoms with Crippen LogP contribution in [0.2, 0.25) is 0 Å². The molecule has 0 bridgehead atoms. The number of aliphatic carboxylic acids is 1. The van der Waals surface area contributed by atoms with Gasteiger partial charge in [0.15, 0.2) is 11.9 Å². The van der Waals surface area contributed by atoms with Gasteiger partial charge in [-0.3, -0.25) is 0 Å². The van der Waals surface area contributed by atoms with Crippen LogP contribution in [0.3, 0.4) is 0 Å². The van der Waals surface area contributed by atoms with Gasteiger partial charge in [0, 0.05) is 10.8 Å². The Morgan fingerprint density at radius 3 is 2.52 bits per heavy atom. The first-order chi connectivity index (χ1) is 10.3. The normalized spacial score (nSPS) is 12.0. The number of carboxylic acids is 1. The number of carboxylic acid groups (broad SMARTS) is 1. The summed E-state index contributed by atoms with van der Waals surface area (Å²) in [6.45, 7) is 0. The lowest BCUT2D eigenvalue weighted by Crippen LogP contribution is -2.21. The molecule has 0 aliphatic heterocycles. The summed E-state index contributed by atoms with van der Waals surface area (Å²) in [6, 6.07) is 15.7. The number of rotatable bonds is 4. The van der Waals surface area contributed by atoms with Crippen molar-refractivity contribution >= 4 is 22.6 Å². The quantitative estimate of drug-likeness (QED) is 0.768. The van der Waals surface area contributed by atoms with Gasteiger partial charge < -0.3 is 10.4 Å². The van der Waals surface area contributed by atoms with Crippen molar-refractivity contribution in [3.63, 3.8) is 0 Å². The van der Waals surface area contributed by atoms with Crippen LogP contribution in [0, 0.1) is 0 Å². The van der Waals surface area contributed by atoms with Crippen molar-refractivity contribution in [1.29, 1.82) is 0 Å². The molecule has 5 nitrogen and oxygen atoms in total. The van der Waals surface area contributed by atoms with E-state index in [2.05, 4.69) is 15.5 Å². The lowest BCUT2D eigenvalue weighted by Gasteiger charge is -2.16. The van der Waals surface area contributed by atoms with E-state index in [0.717, 1.165) is 10.8 Å². The summed E-state index contributed by atoms with van der Waals surface area (Å²) in [6.07, 6.45) is 1.65. The summed E-state index contributed by atoms with van der Waals surface area (Å²) in [5.74, 6) is -0.500. The number of hydrogen-bond acceptors (Lipinski definition) is 4. The molecule has 3 rings (SSSR count). The van der Waals surface area contributed by atoms with Gasteiger partial charge in [-0.1, -0.05) is 54.6 Å². The summed E-state index contributed by atoms with van der Waals surface area (Å²) in [7, 11) is 0. The minimum atomic E-state index is -0.962. The van der Waals surface area contributed by atoms with Gasteiger partial charge in [-0.15, -0.1) is 5.10 Å². The third kappa shape index (κ3) is 2.67. The summed E-state index contributed by atoms with van der Waals surface area (Å²) in [4.78, 5) is 11.5. The summed E-state index contributed by atoms with van der Waals surface area (Å²) < 4.78 is 0. The van der Waals surface area contributed by atoms with E-state index in [1.165, 1.54) is 0 Å². The number of nitrogens with one attached hydrogen (secondary N) is 1. The maximum Gasteiger partial charge on any atom is 0.330 e. The molecule has 1 heterocycles. The molecule has 2 N–H and O–H groups in total. The molecular formula is C16H13N3O2. The Labute approximate surface area is 121 Å². The van der Waals surface area contributed by atoms with Gasteiger partial charge in [-0.05, 0) is 5.56 Å². The van der Waals surface area contributed by atoms with Crippen molar-refractivity contribution in [2.45, 2.75) is 6.04 Å². The second-order valence-electron chi connectivity index (χ2n) is 4.61. The number of fused-ring (bicyclic) bond motifs is 1. The van der Waals surface area contributed by atoms with Gasteiger partial charge in [-0.25, -0.2) is 4.79 Å². The van der Waals surface area contributed by atoms with Crippen LogP contribution in [-0.4, -0.2) is 21.3 Å². The molecule has 3 aromatic rings. The molecule has 0 spiro atoms. The second-order valence-corrected chi connectivity index (χ2v) is 4.61. The number of nitrogens with zero attached hydrogens (tertiary/aromatic N) is 2. The van der Waals surface area contributed by atoms with Crippen molar-refractivity contribution in [2.24, 2.45) is 0 Å². The Balaban J connectivity index is 2.01. The fraction of sp³-hybridized carbons (Fsp3) is 0.0625. The minimum absolute atomic E-state index is 0.462. The molecule has 0 aliphatic carbocycles. The van der Waals surface area contributed by atoms with E-state index in [4.69, 9.17) is 0 Å². The number of carbonyl (C=O) groups is 1. The van der Waals surface area contributed by atoms with Gasteiger partial charge in [-0.2, -0.15) is 5.10 Å². The van der Waals surface area contributed by atoms with E-state index >= 15 is 0 Å². The van der Waals surface area contributed by atoms with Gasteiger partial charge in [0.25, 0.3) is 0 Å². The molecule has 1 aromatic heterocycles. The van der Waals surface area contributed by atoms with Gasteiger partial charge in [0.05, 0.1) is 6.20 Å². The summed E-state index contributed by atoms with van der Waals surface area (Å²) in [5.41, 5.74) is 0.666. The highest BCUT2D eigenvalue weighted by atomic mass is 16.4. The zero-order valence-corrected chi connectivity index (χ0v) is 11.1. The molecule has 0 amide bonds. The molecule has 104 valence electrons. The van der Waals surface area contributed by atoms with E-state index in [0.29, 0.717) is 11.4 Å². The van der Waals surface area contributed by atoms with Crippen LogP contribution in [0.25, 0.3) is 10.8 Å². The minimum Gasteiger partial charge on any atom is -0.479 e. The second kappa shape index (κ2) is 5.58. The Bertz CT molecular complexity index is 769.